The maximum atomic E-state index is 12.7. The third-order valence-electron chi connectivity index (χ3n) is 5.55. The number of fused-ring (bicyclic) bond motifs is 4. The van der Waals surface area contributed by atoms with E-state index in [0.29, 0.717) is 17.9 Å². The fourth-order valence-electron chi connectivity index (χ4n) is 4.01. The first kappa shape index (κ1) is 22.5. The number of hydrogen-bond donors (Lipinski definition) is 2. The Morgan fingerprint density at radius 3 is 2.26 bits per heavy atom. The highest BCUT2D eigenvalue weighted by Gasteiger charge is 2.17. The van der Waals surface area contributed by atoms with Gasteiger partial charge in [-0.3, -0.25) is 9.59 Å². The third kappa shape index (κ3) is 4.43. The van der Waals surface area contributed by atoms with E-state index in [1.807, 2.05) is 57.8 Å². The van der Waals surface area contributed by atoms with Gasteiger partial charge in [-0.25, -0.2) is 23.1 Å². The number of carbonyl (C=O) groups excluding carboxylic acids is 2. The van der Waals surface area contributed by atoms with Gasteiger partial charge in [-0.05, 0) is 42.5 Å². The first-order valence-electron chi connectivity index (χ1n) is 10.9. The molecule has 0 saturated carbocycles. The Bertz CT molecular complexity index is 1710. The predicted molar refractivity (Wildman–Crippen MR) is 133 cm³/mol. The van der Waals surface area contributed by atoms with E-state index in [2.05, 4.69) is 5.32 Å². The van der Waals surface area contributed by atoms with Crippen LogP contribution < -0.4 is 10.0 Å². The first-order chi connectivity index (χ1) is 16.8. The fraction of sp³-hybridized carbons (Fsp3) is 0.120. The van der Waals surface area contributed by atoms with Crippen molar-refractivity contribution in [1.29, 1.82) is 0 Å². The number of anilines is 1. The predicted octanol–water partition coefficient (Wildman–Crippen LogP) is 3.59. The van der Waals surface area contributed by atoms with Gasteiger partial charge in [0.15, 0.2) is 5.65 Å². The van der Waals surface area contributed by atoms with Crippen LogP contribution in [0.3, 0.4) is 0 Å². The quantitative estimate of drug-likeness (QED) is 0.377. The van der Waals surface area contributed by atoms with Gasteiger partial charge in [0.1, 0.15) is 5.52 Å². The zero-order valence-electron chi connectivity index (χ0n) is 18.7. The minimum atomic E-state index is -3.93. The smallest absolute Gasteiger partial charge is 0.264 e. The van der Waals surface area contributed by atoms with Crippen LogP contribution in [-0.2, 0) is 26.2 Å². The van der Waals surface area contributed by atoms with Gasteiger partial charge in [0, 0.05) is 31.0 Å². The minimum Gasteiger partial charge on any atom is -0.326 e. The summed E-state index contributed by atoms with van der Waals surface area (Å²) in [6.07, 6.45) is 0.175. The van der Waals surface area contributed by atoms with Gasteiger partial charge < -0.3 is 9.88 Å². The van der Waals surface area contributed by atoms with Gasteiger partial charge in [0.25, 0.3) is 10.0 Å². The molecule has 0 fully saturated rings. The molecule has 10 heteroatoms. The zero-order valence-corrected chi connectivity index (χ0v) is 19.5. The Balaban J connectivity index is 1.37. The molecule has 0 unspecified atom stereocenters. The number of aryl methyl sites for hydroxylation is 1. The molecule has 0 aliphatic rings. The summed E-state index contributed by atoms with van der Waals surface area (Å²) in [5.74, 6) is -0.910. The maximum absolute atomic E-state index is 12.7. The number of rotatable bonds is 6. The molecular weight excluding hydrogens is 466 g/mol. The molecule has 35 heavy (non-hydrogen) atoms. The van der Waals surface area contributed by atoms with E-state index in [0.717, 1.165) is 34.4 Å². The molecule has 2 amide bonds. The van der Waals surface area contributed by atoms with E-state index in [1.165, 1.54) is 24.3 Å². The molecule has 176 valence electrons. The van der Waals surface area contributed by atoms with E-state index in [9.17, 15) is 18.0 Å². The van der Waals surface area contributed by atoms with Gasteiger partial charge in [-0.15, -0.1) is 0 Å². The third-order valence-corrected chi connectivity index (χ3v) is 7.00. The summed E-state index contributed by atoms with van der Waals surface area (Å²) in [7, 11) is -3.93. The molecule has 2 aromatic heterocycles. The van der Waals surface area contributed by atoms with Crippen LogP contribution in [0.4, 0.5) is 5.69 Å². The highest BCUT2D eigenvalue weighted by atomic mass is 32.2. The molecule has 0 aliphatic carbocycles. The number of para-hydroxylation sites is 3. The first-order valence-corrected chi connectivity index (χ1v) is 12.4. The number of sulfonamides is 1. The highest BCUT2D eigenvalue weighted by Crippen LogP contribution is 2.28. The number of aromatic nitrogens is 3. The van der Waals surface area contributed by atoms with Crippen LogP contribution in [0.1, 0.15) is 13.3 Å². The molecule has 3 aromatic carbocycles. The van der Waals surface area contributed by atoms with Gasteiger partial charge in [0.2, 0.25) is 11.8 Å². The number of nitrogens with zero attached hydrogens (tertiary/aromatic N) is 3. The average molecular weight is 488 g/mol. The van der Waals surface area contributed by atoms with Crippen LogP contribution in [0.25, 0.3) is 33.1 Å². The Hall–Kier alpha value is -4.31. The van der Waals surface area contributed by atoms with Crippen molar-refractivity contribution in [3.05, 3.63) is 72.8 Å². The molecule has 0 aliphatic heterocycles. The molecule has 0 atom stereocenters. The van der Waals surface area contributed by atoms with E-state index in [-0.39, 0.29) is 17.2 Å². The summed E-state index contributed by atoms with van der Waals surface area (Å²) < 4.78 is 28.0. The van der Waals surface area contributed by atoms with Gasteiger partial charge in [-0.2, -0.15) is 0 Å². The van der Waals surface area contributed by atoms with E-state index in [1.54, 1.807) is 0 Å². The van der Waals surface area contributed by atoms with Gasteiger partial charge in [0.05, 0.1) is 21.4 Å². The molecule has 0 spiro atoms. The molecule has 9 nitrogen and oxygen atoms in total. The molecule has 0 radical (unpaired) electrons. The molecule has 2 heterocycles. The van der Waals surface area contributed by atoms with E-state index < -0.39 is 15.9 Å². The maximum Gasteiger partial charge on any atom is 0.264 e. The van der Waals surface area contributed by atoms with Crippen LogP contribution >= 0.6 is 0 Å². The lowest BCUT2D eigenvalue weighted by atomic mass is 10.2. The second-order valence-corrected chi connectivity index (χ2v) is 9.72. The Morgan fingerprint density at radius 1 is 0.886 bits per heavy atom. The van der Waals surface area contributed by atoms with Crippen LogP contribution in [0.2, 0.25) is 0 Å². The van der Waals surface area contributed by atoms with Crippen molar-refractivity contribution in [3.8, 4) is 0 Å². The normalized spacial score (nSPS) is 11.7. The molecule has 0 saturated heterocycles. The van der Waals surface area contributed by atoms with Crippen molar-refractivity contribution < 1.29 is 18.0 Å². The molecule has 0 bridgehead atoms. The topological polar surface area (TPSA) is 123 Å². The Kier molecular flexibility index (Phi) is 5.65. The largest absolute Gasteiger partial charge is 0.326 e. The van der Waals surface area contributed by atoms with Crippen LogP contribution in [0.5, 0.6) is 0 Å². The van der Waals surface area contributed by atoms with E-state index >= 15 is 0 Å². The highest BCUT2D eigenvalue weighted by molar-refractivity contribution is 7.90. The summed E-state index contributed by atoms with van der Waals surface area (Å²) in [5, 5.41) is 3.75. The SMILES string of the molecule is CC(=O)NS(=O)(=O)c1ccc(NC(=O)CCn2c3ccccc3c3nc4ccccc4nc32)cc1. The minimum absolute atomic E-state index is 0.0678. The number of hydrogen-bond acceptors (Lipinski definition) is 6. The van der Waals surface area contributed by atoms with Crippen LogP contribution in [0, 0.1) is 0 Å². The number of nitrogens with one attached hydrogen (secondary N) is 2. The summed E-state index contributed by atoms with van der Waals surface area (Å²) in [6.45, 7) is 1.51. The zero-order chi connectivity index (χ0) is 24.6. The van der Waals surface area contributed by atoms with Crippen molar-refractivity contribution in [2.24, 2.45) is 0 Å². The summed E-state index contributed by atoms with van der Waals surface area (Å²) >= 11 is 0. The molecule has 5 rings (SSSR count). The Morgan fingerprint density at radius 2 is 1.54 bits per heavy atom. The lowest BCUT2D eigenvalue weighted by Crippen LogP contribution is -2.28. The monoisotopic (exact) mass is 487 g/mol. The van der Waals surface area contributed by atoms with Crippen LogP contribution in [0.15, 0.2) is 77.7 Å². The summed E-state index contributed by atoms with van der Waals surface area (Å²) in [6, 6.07) is 21.1. The van der Waals surface area contributed by atoms with Crippen molar-refractivity contribution >= 4 is 60.6 Å². The van der Waals surface area contributed by atoms with Crippen molar-refractivity contribution in [1.82, 2.24) is 19.3 Å². The van der Waals surface area contributed by atoms with Crippen LogP contribution in [-0.4, -0.2) is 34.8 Å². The van der Waals surface area contributed by atoms with E-state index in [4.69, 9.17) is 9.97 Å². The van der Waals surface area contributed by atoms with Gasteiger partial charge in [-0.1, -0.05) is 30.3 Å². The Labute approximate surface area is 200 Å². The van der Waals surface area contributed by atoms with Gasteiger partial charge >= 0.3 is 0 Å². The number of amides is 2. The lowest BCUT2D eigenvalue weighted by Gasteiger charge is -2.09. The van der Waals surface area contributed by atoms with Crippen molar-refractivity contribution in [2.45, 2.75) is 24.8 Å². The molecule has 5 aromatic rings. The second kappa shape index (κ2) is 8.80. The second-order valence-electron chi connectivity index (χ2n) is 8.04. The average Bonchev–Trinajstić information content (AvgIpc) is 3.13. The lowest BCUT2D eigenvalue weighted by molar-refractivity contribution is -0.117. The summed E-state index contributed by atoms with van der Waals surface area (Å²) in [5.41, 5.74) is 4.48. The number of benzene rings is 3. The molecular formula is C25H21N5O4S. The van der Waals surface area contributed by atoms with Crippen molar-refractivity contribution in [2.75, 3.05) is 5.32 Å². The van der Waals surface area contributed by atoms with Crippen molar-refractivity contribution in [3.63, 3.8) is 0 Å². The molecule has 2 N–H and O–H groups in total. The summed E-state index contributed by atoms with van der Waals surface area (Å²) in [4.78, 5) is 33.3. The standard InChI is InChI=1S/C25H21N5O4S/c1-16(31)29-35(33,34)18-12-10-17(11-13-18)26-23(32)14-15-30-22-9-5-2-6-19(22)24-25(30)28-21-8-4-3-7-20(21)27-24/h2-13H,14-15H2,1H3,(H,26,32)(H,29,31). The fourth-order valence-corrected chi connectivity index (χ4v) is 5.00. The number of carbonyl (C=O) groups is 2.